The monoisotopic (exact) mass is 349 g/mol. The lowest BCUT2D eigenvalue weighted by atomic mass is 10.3. The number of hydrogen-bond acceptors (Lipinski definition) is 5. The molecule has 0 aliphatic heterocycles. The summed E-state index contributed by atoms with van der Waals surface area (Å²) < 4.78 is 46.2. The Morgan fingerprint density at radius 1 is 1.21 bits per heavy atom. The number of aromatic nitrogens is 2. The maximum Gasteiger partial charge on any atom is 0.426 e. The van der Waals surface area contributed by atoms with Gasteiger partial charge in [0.1, 0.15) is 11.4 Å². The van der Waals surface area contributed by atoms with Gasteiger partial charge in [0.15, 0.2) is 0 Å². The van der Waals surface area contributed by atoms with Crippen LogP contribution in [-0.2, 0) is 10.0 Å². The summed E-state index contributed by atoms with van der Waals surface area (Å²) in [6.07, 6.45) is 0.158. The molecule has 0 saturated carbocycles. The normalized spacial score (nSPS) is 11.4. The van der Waals surface area contributed by atoms with Crippen LogP contribution in [0.15, 0.2) is 53.7 Å². The van der Waals surface area contributed by atoms with Crippen LogP contribution >= 0.6 is 0 Å². The van der Waals surface area contributed by atoms with Gasteiger partial charge >= 0.3 is 6.09 Å². The van der Waals surface area contributed by atoms with Gasteiger partial charge in [-0.1, -0.05) is 24.3 Å². The highest BCUT2D eigenvalue weighted by atomic mass is 32.2. The fourth-order valence-corrected chi connectivity index (χ4v) is 3.15. The van der Waals surface area contributed by atoms with Crippen molar-refractivity contribution >= 4 is 21.8 Å². The van der Waals surface area contributed by atoms with Crippen molar-refractivity contribution in [2.45, 2.75) is 11.9 Å². The molecule has 0 aliphatic carbocycles. The first-order valence-electron chi connectivity index (χ1n) is 6.81. The van der Waals surface area contributed by atoms with E-state index in [1.54, 1.807) is 35.9 Å². The zero-order valence-corrected chi connectivity index (χ0v) is 13.2. The summed E-state index contributed by atoms with van der Waals surface area (Å²) in [5.74, 6) is -1.06. The molecular weight excluding hydrogens is 337 g/mol. The first kappa shape index (κ1) is 15.9. The number of amides is 1. The standard InChI is InChI=1S/C15H12FN3O4S/c1-10-7-8-12-17-13(16)14(19(12)9-10)24(21,22)18-15(20)23-11-5-3-2-4-6-11/h2-9H,1H3,(H,18,20). The summed E-state index contributed by atoms with van der Waals surface area (Å²) in [6.45, 7) is 1.71. The van der Waals surface area contributed by atoms with E-state index in [9.17, 15) is 17.6 Å². The third kappa shape index (κ3) is 3.06. The molecule has 2 heterocycles. The van der Waals surface area contributed by atoms with Crippen LogP contribution in [0.3, 0.4) is 0 Å². The minimum Gasteiger partial charge on any atom is -0.410 e. The fourth-order valence-electron chi connectivity index (χ4n) is 2.12. The van der Waals surface area contributed by atoms with Crippen molar-refractivity contribution < 1.29 is 22.3 Å². The summed E-state index contributed by atoms with van der Waals surface area (Å²) in [7, 11) is -4.51. The van der Waals surface area contributed by atoms with Crippen LogP contribution in [0.25, 0.3) is 5.65 Å². The van der Waals surface area contributed by atoms with Crippen molar-refractivity contribution in [2.75, 3.05) is 0 Å². The number of hydrogen-bond donors (Lipinski definition) is 1. The number of aryl methyl sites for hydroxylation is 1. The summed E-state index contributed by atoms with van der Waals surface area (Å²) in [4.78, 5) is 15.3. The Balaban J connectivity index is 1.92. The number of para-hydroxylation sites is 1. The van der Waals surface area contributed by atoms with Gasteiger partial charge in [-0.25, -0.2) is 9.52 Å². The number of ether oxygens (including phenoxy) is 1. The predicted molar refractivity (Wildman–Crippen MR) is 82.7 cm³/mol. The Morgan fingerprint density at radius 3 is 2.62 bits per heavy atom. The van der Waals surface area contributed by atoms with Crippen LogP contribution in [0, 0.1) is 12.9 Å². The minimum absolute atomic E-state index is 0.106. The molecule has 0 fully saturated rings. The number of benzene rings is 1. The van der Waals surface area contributed by atoms with Crippen LogP contribution < -0.4 is 9.46 Å². The number of nitrogens with zero attached hydrogens (tertiary/aromatic N) is 2. The topological polar surface area (TPSA) is 89.8 Å². The molecule has 1 aromatic carbocycles. The van der Waals surface area contributed by atoms with E-state index in [1.165, 1.54) is 24.4 Å². The highest BCUT2D eigenvalue weighted by Gasteiger charge is 2.28. The van der Waals surface area contributed by atoms with E-state index in [2.05, 4.69) is 4.98 Å². The third-order valence-electron chi connectivity index (χ3n) is 3.11. The van der Waals surface area contributed by atoms with Crippen LogP contribution in [0.2, 0.25) is 0 Å². The number of sulfonamides is 1. The maximum atomic E-state index is 14.0. The first-order valence-corrected chi connectivity index (χ1v) is 8.29. The Morgan fingerprint density at radius 2 is 1.92 bits per heavy atom. The number of imidazole rings is 1. The largest absolute Gasteiger partial charge is 0.426 e. The lowest BCUT2D eigenvalue weighted by Gasteiger charge is -2.07. The minimum atomic E-state index is -4.51. The van der Waals surface area contributed by atoms with Gasteiger partial charge in [-0.05, 0) is 30.7 Å². The third-order valence-corrected chi connectivity index (χ3v) is 4.42. The molecule has 0 spiro atoms. The number of fused-ring (bicyclic) bond motifs is 1. The fraction of sp³-hybridized carbons (Fsp3) is 0.0667. The van der Waals surface area contributed by atoms with Crippen molar-refractivity contribution in [2.24, 2.45) is 0 Å². The Kier molecular flexibility index (Phi) is 3.94. The van der Waals surface area contributed by atoms with E-state index in [0.717, 1.165) is 4.40 Å². The highest BCUT2D eigenvalue weighted by molar-refractivity contribution is 7.90. The lowest BCUT2D eigenvalue weighted by Crippen LogP contribution is -2.34. The summed E-state index contributed by atoms with van der Waals surface area (Å²) in [5, 5.41) is -0.758. The van der Waals surface area contributed by atoms with Gasteiger partial charge in [-0.2, -0.15) is 17.8 Å². The summed E-state index contributed by atoms with van der Waals surface area (Å²) in [6, 6.07) is 11.0. The van der Waals surface area contributed by atoms with Crippen LogP contribution in [0.4, 0.5) is 9.18 Å². The van der Waals surface area contributed by atoms with Gasteiger partial charge in [-0.15, -0.1) is 0 Å². The van der Waals surface area contributed by atoms with Gasteiger partial charge < -0.3 is 4.74 Å². The van der Waals surface area contributed by atoms with Gasteiger partial charge in [-0.3, -0.25) is 4.40 Å². The molecule has 0 unspecified atom stereocenters. The zero-order valence-electron chi connectivity index (χ0n) is 12.4. The molecule has 0 aliphatic rings. The van der Waals surface area contributed by atoms with Crippen molar-refractivity contribution in [1.82, 2.24) is 14.1 Å². The molecule has 0 atom stereocenters. The van der Waals surface area contributed by atoms with Gasteiger partial charge in [0, 0.05) is 6.20 Å². The molecule has 24 heavy (non-hydrogen) atoms. The van der Waals surface area contributed by atoms with Crippen LogP contribution in [-0.4, -0.2) is 23.9 Å². The molecule has 1 amide bonds. The molecule has 3 aromatic rings. The number of rotatable bonds is 3. The van der Waals surface area contributed by atoms with Gasteiger partial charge in [0.2, 0.25) is 5.03 Å². The van der Waals surface area contributed by atoms with Crippen molar-refractivity contribution in [3.05, 3.63) is 60.2 Å². The number of carbonyl (C=O) groups excluding carboxylic acids is 1. The molecule has 0 bridgehead atoms. The molecule has 7 nitrogen and oxygen atoms in total. The SMILES string of the molecule is Cc1ccc2nc(F)c(S(=O)(=O)NC(=O)Oc3ccccc3)n2c1. The predicted octanol–water partition coefficient (Wildman–Crippen LogP) is 2.26. The Labute approximate surface area is 136 Å². The molecule has 1 N–H and O–H groups in total. The number of carbonyl (C=O) groups is 1. The quantitative estimate of drug-likeness (QED) is 0.783. The van der Waals surface area contributed by atoms with E-state index >= 15 is 0 Å². The second-order valence-electron chi connectivity index (χ2n) is 4.95. The van der Waals surface area contributed by atoms with E-state index in [1.807, 2.05) is 0 Å². The second kappa shape index (κ2) is 5.93. The molecule has 124 valence electrons. The van der Waals surface area contributed by atoms with Crippen molar-refractivity contribution in [1.29, 1.82) is 0 Å². The average molecular weight is 349 g/mol. The molecule has 9 heteroatoms. The molecule has 0 saturated heterocycles. The molecule has 2 aromatic heterocycles. The Hall–Kier alpha value is -2.94. The van der Waals surface area contributed by atoms with E-state index in [4.69, 9.17) is 4.74 Å². The Bertz CT molecular complexity index is 1020. The molecule has 0 radical (unpaired) electrons. The number of halogens is 1. The van der Waals surface area contributed by atoms with Gasteiger partial charge in [0.25, 0.3) is 16.0 Å². The molecular formula is C15H12FN3O4S. The van der Waals surface area contributed by atoms with Crippen LogP contribution in [0.1, 0.15) is 5.56 Å². The average Bonchev–Trinajstić information content (AvgIpc) is 2.83. The van der Waals surface area contributed by atoms with Gasteiger partial charge in [0.05, 0.1) is 0 Å². The van der Waals surface area contributed by atoms with Crippen molar-refractivity contribution in [3.8, 4) is 5.75 Å². The molecule has 3 rings (SSSR count). The maximum absolute atomic E-state index is 14.0. The summed E-state index contributed by atoms with van der Waals surface area (Å²) >= 11 is 0. The highest BCUT2D eigenvalue weighted by Crippen LogP contribution is 2.18. The smallest absolute Gasteiger partial charge is 0.410 e. The summed E-state index contributed by atoms with van der Waals surface area (Å²) in [5.41, 5.74) is 0.804. The number of nitrogens with one attached hydrogen (secondary N) is 1. The van der Waals surface area contributed by atoms with E-state index in [-0.39, 0.29) is 11.4 Å². The number of pyridine rings is 1. The zero-order chi connectivity index (χ0) is 17.3. The first-order chi connectivity index (χ1) is 11.4. The lowest BCUT2D eigenvalue weighted by molar-refractivity contribution is 0.206. The van der Waals surface area contributed by atoms with Crippen LogP contribution in [0.5, 0.6) is 5.75 Å². The van der Waals surface area contributed by atoms with Crippen molar-refractivity contribution in [3.63, 3.8) is 0 Å². The second-order valence-corrected chi connectivity index (χ2v) is 6.55. The van der Waals surface area contributed by atoms with E-state index in [0.29, 0.717) is 5.56 Å². The van der Waals surface area contributed by atoms with E-state index < -0.39 is 27.1 Å².